The molecule has 4 aliphatic rings. The second kappa shape index (κ2) is 2.50. The molecule has 0 aromatic rings. The van der Waals surface area contributed by atoms with Gasteiger partial charge in [0.2, 0.25) is 0 Å². The van der Waals surface area contributed by atoms with E-state index < -0.39 is 11.6 Å². The van der Waals surface area contributed by atoms with Gasteiger partial charge in [-0.05, 0) is 49.9 Å². The predicted molar refractivity (Wildman–Crippen MR) is 48.5 cm³/mol. The summed E-state index contributed by atoms with van der Waals surface area (Å²) in [4.78, 5) is 11.1. The van der Waals surface area contributed by atoms with Gasteiger partial charge in [0, 0.05) is 0 Å². The minimum absolute atomic E-state index is 0.128. The lowest BCUT2D eigenvalue weighted by Crippen LogP contribution is -2.54. The summed E-state index contributed by atoms with van der Waals surface area (Å²) in [6.07, 6.45) is 3.64. The van der Waals surface area contributed by atoms with Gasteiger partial charge in [0.25, 0.3) is 0 Å². The number of carbonyl (C=O) groups is 1. The van der Waals surface area contributed by atoms with E-state index in [9.17, 15) is 9.18 Å². The molecule has 4 bridgehead atoms. The highest BCUT2D eigenvalue weighted by Gasteiger charge is 2.57. The summed E-state index contributed by atoms with van der Waals surface area (Å²) in [5.74, 6) is -0.196. The highest BCUT2D eigenvalue weighted by atomic mass is 19.1. The molecule has 0 aromatic carbocycles. The third-order valence-corrected chi connectivity index (χ3v) is 4.48. The van der Waals surface area contributed by atoms with Gasteiger partial charge in [-0.3, -0.25) is 4.79 Å². The van der Waals surface area contributed by atoms with Crippen molar-refractivity contribution in [3.05, 3.63) is 0 Å². The van der Waals surface area contributed by atoms with Crippen molar-refractivity contribution in [1.82, 2.24) is 0 Å². The topological polar surface area (TPSA) is 37.3 Å². The van der Waals surface area contributed by atoms with E-state index in [0.717, 1.165) is 12.8 Å². The van der Waals surface area contributed by atoms with Crippen molar-refractivity contribution in [2.75, 3.05) is 0 Å². The molecule has 0 heterocycles. The lowest BCUT2D eigenvalue weighted by molar-refractivity contribution is -0.164. The van der Waals surface area contributed by atoms with Crippen molar-refractivity contribution in [1.29, 1.82) is 0 Å². The molecule has 4 rings (SSSR count). The van der Waals surface area contributed by atoms with Gasteiger partial charge in [0.05, 0.1) is 5.92 Å². The number of aliphatic carboxylic acids is 1. The summed E-state index contributed by atoms with van der Waals surface area (Å²) in [5, 5.41) is 9.11. The summed E-state index contributed by atoms with van der Waals surface area (Å²) < 4.78 is 14.1. The van der Waals surface area contributed by atoms with E-state index in [-0.39, 0.29) is 17.8 Å². The number of carboxylic acid groups (broad SMARTS) is 1. The van der Waals surface area contributed by atoms with Crippen LogP contribution in [0.3, 0.4) is 0 Å². The Kier molecular flexibility index (Phi) is 1.55. The van der Waals surface area contributed by atoms with Gasteiger partial charge in [0.15, 0.2) is 0 Å². The molecule has 2 atom stereocenters. The molecule has 2 unspecified atom stereocenters. The number of hydrogen-bond acceptors (Lipinski definition) is 1. The summed E-state index contributed by atoms with van der Waals surface area (Å²) in [7, 11) is 0. The molecule has 0 spiro atoms. The molecular formula is C11H15FO2. The van der Waals surface area contributed by atoms with E-state index in [2.05, 4.69) is 0 Å². The lowest BCUT2D eigenvalue weighted by Gasteiger charge is -2.55. The molecule has 14 heavy (non-hydrogen) atoms. The van der Waals surface area contributed by atoms with Gasteiger partial charge < -0.3 is 5.11 Å². The maximum Gasteiger partial charge on any atom is 0.307 e. The van der Waals surface area contributed by atoms with Gasteiger partial charge in [-0.15, -0.1) is 0 Å². The standard InChI is InChI=1S/C11H15FO2/c12-11-3-6-1-7(4-11)9(10(13)14)8(2-6)5-11/h6-9H,1-5H2,(H,13,14). The zero-order valence-electron chi connectivity index (χ0n) is 8.08. The summed E-state index contributed by atoms with van der Waals surface area (Å²) in [6.45, 7) is 0. The van der Waals surface area contributed by atoms with Gasteiger partial charge in [-0.2, -0.15) is 0 Å². The maximum atomic E-state index is 14.1. The van der Waals surface area contributed by atoms with Crippen molar-refractivity contribution < 1.29 is 14.3 Å². The van der Waals surface area contributed by atoms with E-state index in [1.54, 1.807) is 0 Å². The fraction of sp³-hybridized carbons (Fsp3) is 0.909. The first-order valence-electron chi connectivity index (χ1n) is 5.49. The van der Waals surface area contributed by atoms with Crippen LogP contribution < -0.4 is 0 Å². The molecule has 4 fully saturated rings. The third kappa shape index (κ3) is 1.04. The highest BCUT2D eigenvalue weighted by Crippen LogP contribution is 2.59. The van der Waals surface area contributed by atoms with E-state index >= 15 is 0 Å². The third-order valence-electron chi connectivity index (χ3n) is 4.48. The van der Waals surface area contributed by atoms with Crippen molar-refractivity contribution in [3.63, 3.8) is 0 Å². The first-order chi connectivity index (χ1) is 6.57. The zero-order chi connectivity index (χ0) is 9.92. The summed E-state index contributed by atoms with van der Waals surface area (Å²) >= 11 is 0. The van der Waals surface area contributed by atoms with Crippen LogP contribution in [0.1, 0.15) is 32.1 Å². The van der Waals surface area contributed by atoms with Gasteiger partial charge >= 0.3 is 5.97 Å². The van der Waals surface area contributed by atoms with Crippen LogP contribution in [0, 0.1) is 23.7 Å². The van der Waals surface area contributed by atoms with Crippen LogP contribution in [0.4, 0.5) is 4.39 Å². The quantitative estimate of drug-likeness (QED) is 0.701. The van der Waals surface area contributed by atoms with E-state index in [4.69, 9.17) is 5.11 Å². The molecule has 0 saturated heterocycles. The maximum absolute atomic E-state index is 14.1. The van der Waals surface area contributed by atoms with Crippen LogP contribution in [0.25, 0.3) is 0 Å². The SMILES string of the molecule is O=C(O)C1C2CC3CC1CC(F)(C3)C2. The monoisotopic (exact) mass is 198 g/mol. The molecule has 0 aromatic heterocycles. The van der Waals surface area contributed by atoms with Crippen molar-refractivity contribution >= 4 is 5.97 Å². The van der Waals surface area contributed by atoms with Gasteiger partial charge in [-0.1, -0.05) is 0 Å². The Hall–Kier alpha value is -0.600. The molecule has 2 nitrogen and oxygen atoms in total. The highest BCUT2D eigenvalue weighted by molar-refractivity contribution is 5.71. The van der Waals surface area contributed by atoms with Crippen LogP contribution in [0.2, 0.25) is 0 Å². The Bertz CT molecular complexity index is 273. The summed E-state index contributed by atoms with van der Waals surface area (Å²) in [6, 6.07) is 0. The van der Waals surface area contributed by atoms with Crippen LogP contribution in [0.15, 0.2) is 0 Å². The first-order valence-corrected chi connectivity index (χ1v) is 5.49. The fourth-order valence-electron chi connectivity index (χ4n) is 4.33. The van der Waals surface area contributed by atoms with E-state index in [1.807, 2.05) is 0 Å². The largest absolute Gasteiger partial charge is 0.481 e. The zero-order valence-corrected chi connectivity index (χ0v) is 8.08. The average molecular weight is 198 g/mol. The number of alkyl halides is 1. The molecule has 4 aliphatic carbocycles. The molecule has 0 aliphatic heterocycles. The Morgan fingerprint density at radius 2 is 1.79 bits per heavy atom. The Morgan fingerprint density at radius 3 is 2.21 bits per heavy atom. The van der Waals surface area contributed by atoms with Crippen molar-refractivity contribution in [2.24, 2.45) is 23.7 Å². The second-order valence-corrected chi connectivity index (χ2v) is 5.48. The van der Waals surface area contributed by atoms with Crippen LogP contribution in [-0.2, 0) is 4.79 Å². The van der Waals surface area contributed by atoms with E-state index in [1.165, 1.54) is 0 Å². The molecule has 0 amide bonds. The molecule has 3 heteroatoms. The van der Waals surface area contributed by atoms with Crippen LogP contribution in [-0.4, -0.2) is 16.7 Å². The first kappa shape index (κ1) is 8.69. The molecular weight excluding hydrogens is 183 g/mol. The predicted octanol–water partition coefficient (Wildman–Crippen LogP) is 2.24. The fourth-order valence-corrected chi connectivity index (χ4v) is 4.33. The van der Waals surface area contributed by atoms with Crippen molar-refractivity contribution in [3.8, 4) is 0 Å². The molecule has 0 radical (unpaired) electrons. The Balaban J connectivity index is 1.93. The minimum atomic E-state index is -0.998. The molecule has 4 saturated carbocycles. The van der Waals surface area contributed by atoms with Crippen molar-refractivity contribution in [2.45, 2.75) is 37.8 Å². The normalized spacial score (nSPS) is 54.9. The van der Waals surface area contributed by atoms with Gasteiger partial charge in [-0.25, -0.2) is 4.39 Å². The second-order valence-electron chi connectivity index (χ2n) is 5.48. The van der Waals surface area contributed by atoms with E-state index in [0.29, 0.717) is 25.2 Å². The number of carboxylic acids is 1. The molecule has 78 valence electrons. The smallest absolute Gasteiger partial charge is 0.307 e. The minimum Gasteiger partial charge on any atom is -0.481 e. The van der Waals surface area contributed by atoms with Crippen LogP contribution >= 0.6 is 0 Å². The lowest BCUT2D eigenvalue weighted by atomic mass is 9.51. The average Bonchev–Trinajstić information content (AvgIpc) is 1.97. The molecule has 1 N–H and O–H groups in total. The van der Waals surface area contributed by atoms with Crippen LogP contribution in [0.5, 0.6) is 0 Å². The summed E-state index contributed by atoms with van der Waals surface area (Å²) in [5.41, 5.74) is -0.998. The number of hydrogen-bond donors (Lipinski definition) is 1. The Labute approximate surface area is 82.5 Å². The number of halogens is 1. The Morgan fingerprint density at radius 1 is 1.21 bits per heavy atom. The number of rotatable bonds is 1. The van der Waals surface area contributed by atoms with Gasteiger partial charge in [0.1, 0.15) is 5.67 Å².